The van der Waals surface area contributed by atoms with E-state index >= 15 is 0 Å². The Morgan fingerprint density at radius 1 is 1.14 bits per heavy atom. The number of halogens is 2. The van der Waals surface area contributed by atoms with Gasteiger partial charge in [-0.15, -0.1) is 11.3 Å². The minimum absolute atomic E-state index is 0.111. The lowest BCUT2D eigenvalue weighted by atomic mass is 10.0. The van der Waals surface area contributed by atoms with E-state index in [0.717, 1.165) is 21.6 Å². The Balaban J connectivity index is 1.93. The highest BCUT2D eigenvalue weighted by atomic mass is 35.5. The molecule has 0 bridgehead atoms. The molecule has 7 heteroatoms. The minimum Gasteiger partial charge on any atom is -0.292 e. The molecule has 0 saturated heterocycles. The van der Waals surface area contributed by atoms with E-state index in [0.29, 0.717) is 38.2 Å². The second-order valence-corrected chi connectivity index (χ2v) is 8.72. The van der Waals surface area contributed by atoms with Crippen LogP contribution in [0.4, 0.5) is 0 Å². The summed E-state index contributed by atoms with van der Waals surface area (Å²) in [7, 11) is 0. The number of fused-ring (bicyclic) bond motifs is 1. The Hall–Kier alpha value is -2.65. The summed E-state index contributed by atoms with van der Waals surface area (Å²) in [5.41, 5.74) is 2.99. The molecule has 4 rings (SSSR count). The van der Waals surface area contributed by atoms with Gasteiger partial charge in [0.25, 0.3) is 5.56 Å². The van der Waals surface area contributed by atoms with Crippen LogP contribution in [0.5, 0.6) is 0 Å². The van der Waals surface area contributed by atoms with Crippen molar-refractivity contribution in [2.45, 2.75) is 20.4 Å². The van der Waals surface area contributed by atoms with Gasteiger partial charge in [-0.1, -0.05) is 41.4 Å². The fourth-order valence-electron chi connectivity index (χ4n) is 3.40. The van der Waals surface area contributed by atoms with Crippen LogP contribution in [0.3, 0.4) is 0 Å². The van der Waals surface area contributed by atoms with Crippen LogP contribution in [-0.2, 0) is 6.54 Å². The van der Waals surface area contributed by atoms with Gasteiger partial charge in [0.15, 0.2) is 0 Å². The molecule has 0 unspecified atom stereocenters. The maximum atomic E-state index is 13.5. The summed E-state index contributed by atoms with van der Waals surface area (Å²) in [5.74, 6) is 0.631. The van der Waals surface area contributed by atoms with Crippen LogP contribution in [0.25, 0.3) is 21.3 Å². The fraction of sp³-hybridized carbons (Fsp3) is 0.136. The number of nitrogens with zero attached hydrogens (tertiary/aromatic N) is 3. The predicted octanol–water partition coefficient (Wildman–Crippen LogP) is 5.97. The lowest BCUT2D eigenvalue weighted by molar-refractivity contribution is 0.714. The average Bonchev–Trinajstić information content (AvgIpc) is 3.03. The van der Waals surface area contributed by atoms with Gasteiger partial charge < -0.3 is 0 Å². The third-order valence-electron chi connectivity index (χ3n) is 4.78. The third-order valence-corrected chi connectivity index (χ3v) is 6.52. The van der Waals surface area contributed by atoms with Crippen LogP contribution in [0.15, 0.2) is 47.3 Å². The summed E-state index contributed by atoms with van der Waals surface area (Å²) in [6, 6.07) is 14.7. The first-order chi connectivity index (χ1) is 13.9. The fourth-order valence-corrected chi connectivity index (χ4v) is 4.78. The largest absolute Gasteiger partial charge is 0.292 e. The molecule has 0 amide bonds. The number of aryl methyl sites for hydroxylation is 2. The molecule has 2 aromatic carbocycles. The van der Waals surface area contributed by atoms with Gasteiger partial charge in [-0.05, 0) is 49.2 Å². The van der Waals surface area contributed by atoms with E-state index in [1.807, 2.05) is 32.0 Å². The van der Waals surface area contributed by atoms with Crippen LogP contribution in [0, 0.1) is 25.2 Å². The molecule has 0 radical (unpaired) electrons. The van der Waals surface area contributed by atoms with Crippen LogP contribution in [0.2, 0.25) is 10.0 Å². The topological polar surface area (TPSA) is 58.7 Å². The number of benzene rings is 2. The van der Waals surface area contributed by atoms with E-state index in [2.05, 4.69) is 11.1 Å². The summed E-state index contributed by atoms with van der Waals surface area (Å²) in [4.78, 5) is 19.8. The Labute approximate surface area is 181 Å². The van der Waals surface area contributed by atoms with Crippen molar-refractivity contribution in [3.8, 4) is 17.2 Å². The Bertz CT molecular complexity index is 1370. The van der Waals surface area contributed by atoms with E-state index in [1.165, 1.54) is 11.3 Å². The SMILES string of the molecule is Cc1sc2nc(C)n(Cc3cccc(C#N)c3)c(=O)c2c1-c1ccc(Cl)c(Cl)c1. The maximum absolute atomic E-state index is 13.5. The normalized spacial score (nSPS) is 11.0. The van der Waals surface area contributed by atoms with Crippen molar-refractivity contribution in [1.82, 2.24) is 9.55 Å². The van der Waals surface area contributed by atoms with Gasteiger partial charge in [-0.3, -0.25) is 9.36 Å². The highest BCUT2D eigenvalue weighted by Gasteiger charge is 2.19. The van der Waals surface area contributed by atoms with Crippen molar-refractivity contribution < 1.29 is 0 Å². The zero-order valence-corrected chi connectivity index (χ0v) is 18.0. The first-order valence-corrected chi connectivity index (χ1v) is 10.4. The van der Waals surface area contributed by atoms with Crippen molar-refractivity contribution >= 4 is 44.8 Å². The Kier molecular flexibility index (Phi) is 5.18. The number of hydrogen-bond acceptors (Lipinski definition) is 4. The van der Waals surface area contributed by atoms with E-state index in [1.54, 1.807) is 28.8 Å². The van der Waals surface area contributed by atoms with Crippen LogP contribution < -0.4 is 5.56 Å². The molecule has 0 aliphatic carbocycles. The van der Waals surface area contributed by atoms with Gasteiger partial charge in [-0.2, -0.15) is 5.26 Å². The number of thiophene rings is 1. The Morgan fingerprint density at radius 3 is 2.66 bits per heavy atom. The summed E-state index contributed by atoms with van der Waals surface area (Å²) in [5, 5.41) is 10.6. The van der Waals surface area contributed by atoms with E-state index < -0.39 is 0 Å². The highest BCUT2D eigenvalue weighted by molar-refractivity contribution is 7.19. The van der Waals surface area contributed by atoms with E-state index in [-0.39, 0.29) is 5.56 Å². The van der Waals surface area contributed by atoms with Gasteiger partial charge in [0.2, 0.25) is 0 Å². The summed E-state index contributed by atoms with van der Waals surface area (Å²) < 4.78 is 1.64. The molecular weight excluding hydrogens is 425 g/mol. The summed E-state index contributed by atoms with van der Waals surface area (Å²) in [6.45, 7) is 4.14. The second kappa shape index (κ2) is 7.64. The smallest absolute Gasteiger partial charge is 0.263 e. The molecule has 144 valence electrons. The predicted molar refractivity (Wildman–Crippen MR) is 119 cm³/mol. The Morgan fingerprint density at radius 2 is 1.93 bits per heavy atom. The molecule has 0 aliphatic heterocycles. The lowest BCUT2D eigenvalue weighted by Gasteiger charge is -2.11. The monoisotopic (exact) mass is 439 g/mol. The quantitative estimate of drug-likeness (QED) is 0.395. The molecule has 4 nitrogen and oxygen atoms in total. The van der Waals surface area contributed by atoms with Crippen molar-refractivity contribution in [3.05, 3.63) is 84.7 Å². The molecular formula is C22H15Cl2N3OS. The zero-order chi connectivity index (χ0) is 20.7. The van der Waals surface area contributed by atoms with E-state index in [4.69, 9.17) is 28.5 Å². The van der Waals surface area contributed by atoms with Crippen LogP contribution >= 0.6 is 34.5 Å². The van der Waals surface area contributed by atoms with Crippen molar-refractivity contribution in [1.29, 1.82) is 5.26 Å². The van der Waals surface area contributed by atoms with Gasteiger partial charge in [-0.25, -0.2) is 4.98 Å². The van der Waals surface area contributed by atoms with Crippen LogP contribution in [0.1, 0.15) is 21.8 Å². The first-order valence-electron chi connectivity index (χ1n) is 8.84. The molecule has 2 heterocycles. The molecule has 0 aliphatic rings. The number of aromatic nitrogens is 2. The van der Waals surface area contributed by atoms with Gasteiger partial charge in [0, 0.05) is 10.4 Å². The molecule has 0 spiro atoms. The van der Waals surface area contributed by atoms with Gasteiger partial charge in [0.05, 0.1) is 33.6 Å². The second-order valence-electron chi connectivity index (χ2n) is 6.70. The maximum Gasteiger partial charge on any atom is 0.263 e. The molecule has 29 heavy (non-hydrogen) atoms. The lowest BCUT2D eigenvalue weighted by Crippen LogP contribution is -2.24. The molecule has 0 atom stereocenters. The third kappa shape index (κ3) is 3.56. The van der Waals surface area contributed by atoms with Gasteiger partial charge >= 0.3 is 0 Å². The number of hydrogen-bond donors (Lipinski definition) is 0. The first kappa shape index (κ1) is 19.7. The number of nitriles is 1. The average molecular weight is 440 g/mol. The van der Waals surface area contributed by atoms with Crippen molar-refractivity contribution in [2.75, 3.05) is 0 Å². The van der Waals surface area contributed by atoms with Gasteiger partial charge in [0.1, 0.15) is 10.7 Å². The summed E-state index contributed by atoms with van der Waals surface area (Å²) in [6.07, 6.45) is 0. The van der Waals surface area contributed by atoms with Crippen molar-refractivity contribution in [2.24, 2.45) is 0 Å². The van der Waals surface area contributed by atoms with Crippen molar-refractivity contribution in [3.63, 3.8) is 0 Å². The van der Waals surface area contributed by atoms with E-state index in [9.17, 15) is 4.79 Å². The standard InChI is InChI=1S/C22H15Cl2N3OS/c1-12-19(16-6-7-17(23)18(24)9-16)20-21(29-12)26-13(2)27(22(20)28)11-15-5-3-4-14(8-15)10-25/h3-9H,11H2,1-2H3. The summed E-state index contributed by atoms with van der Waals surface area (Å²) >= 11 is 13.8. The highest BCUT2D eigenvalue weighted by Crippen LogP contribution is 2.38. The minimum atomic E-state index is -0.111. The molecule has 4 aromatic rings. The zero-order valence-electron chi connectivity index (χ0n) is 15.7. The van der Waals surface area contributed by atoms with Crippen LogP contribution in [-0.4, -0.2) is 9.55 Å². The molecule has 0 saturated carbocycles. The molecule has 0 N–H and O–H groups in total. The molecule has 0 fully saturated rings. The molecule has 2 aromatic heterocycles. The number of rotatable bonds is 3.